The lowest BCUT2D eigenvalue weighted by Crippen LogP contribution is -2.41. The summed E-state index contributed by atoms with van der Waals surface area (Å²) in [6.45, 7) is 7.67. The van der Waals surface area contributed by atoms with E-state index in [0.717, 1.165) is 6.42 Å². The molecule has 0 bridgehead atoms. The minimum Gasteiger partial charge on any atom is -0.358 e. The summed E-state index contributed by atoms with van der Waals surface area (Å²) in [7, 11) is 1.49. The second-order valence-electron chi connectivity index (χ2n) is 4.47. The highest BCUT2D eigenvalue weighted by Crippen LogP contribution is 2.14. The Hall–Kier alpha value is -1.85. The summed E-state index contributed by atoms with van der Waals surface area (Å²) >= 11 is 0. The van der Waals surface area contributed by atoms with E-state index in [0.29, 0.717) is 18.7 Å². The lowest BCUT2D eigenvalue weighted by Gasteiger charge is -2.21. The Bertz CT molecular complexity index is 342. The van der Waals surface area contributed by atoms with E-state index < -0.39 is 11.9 Å². The Balaban J connectivity index is 4.48. The van der Waals surface area contributed by atoms with Crippen LogP contribution in [-0.4, -0.2) is 37.9 Å². The molecule has 6 heteroatoms. The standard InChI is InChI=1S/C13H23N3O3/c1-5-9(2)6-11(16-8-17)10(3)13(19)15-7-12(18)14-4/h8-9,11H,3,5-7H2,1-2,4H3,(H,14,18)(H,15,19)(H,16,17). The fourth-order valence-electron chi connectivity index (χ4n) is 1.48. The fraction of sp³-hybridized carbons (Fsp3) is 0.615. The predicted molar refractivity (Wildman–Crippen MR) is 73.3 cm³/mol. The first kappa shape index (κ1) is 17.2. The maximum absolute atomic E-state index is 11.8. The van der Waals surface area contributed by atoms with Gasteiger partial charge in [-0.2, -0.15) is 0 Å². The molecule has 0 aromatic rings. The van der Waals surface area contributed by atoms with E-state index in [1.807, 2.05) is 13.8 Å². The zero-order valence-electron chi connectivity index (χ0n) is 11.8. The van der Waals surface area contributed by atoms with Gasteiger partial charge in [-0.3, -0.25) is 14.4 Å². The number of carbonyl (C=O) groups is 3. The van der Waals surface area contributed by atoms with Gasteiger partial charge in [-0.25, -0.2) is 0 Å². The van der Waals surface area contributed by atoms with Crippen molar-refractivity contribution < 1.29 is 14.4 Å². The van der Waals surface area contributed by atoms with E-state index in [4.69, 9.17) is 0 Å². The largest absolute Gasteiger partial charge is 0.358 e. The lowest BCUT2D eigenvalue weighted by atomic mass is 9.94. The molecule has 0 aromatic heterocycles. The van der Waals surface area contributed by atoms with Gasteiger partial charge in [-0.1, -0.05) is 26.8 Å². The van der Waals surface area contributed by atoms with Gasteiger partial charge in [0, 0.05) is 12.6 Å². The van der Waals surface area contributed by atoms with Crippen molar-refractivity contribution in [3.63, 3.8) is 0 Å². The van der Waals surface area contributed by atoms with E-state index >= 15 is 0 Å². The second-order valence-corrected chi connectivity index (χ2v) is 4.47. The van der Waals surface area contributed by atoms with Crippen LogP contribution >= 0.6 is 0 Å². The molecule has 0 saturated carbocycles. The van der Waals surface area contributed by atoms with Gasteiger partial charge in [0.1, 0.15) is 0 Å². The molecule has 2 atom stereocenters. The molecule has 0 aliphatic carbocycles. The molecule has 0 aliphatic rings. The molecule has 3 N–H and O–H groups in total. The topological polar surface area (TPSA) is 87.3 Å². The molecule has 108 valence electrons. The summed E-state index contributed by atoms with van der Waals surface area (Å²) in [5, 5.41) is 7.45. The van der Waals surface area contributed by atoms with Gasteiger partial charge >= 0.3 is 0 Å². The molecule has 0 rings (SSSR count). The van der Waals surface area contributed by atoms with Gasteiger partial charge in [0.05, 0.1) is 12.6 Å². The fourth-order valence-corrected chi connectivity index (χ4v) is 1.48. The predicted octanol–water partition coefficient (Wildman–Crippen LogP) is -0.0444. The van der Waals surface area contributed by atoms with Crippen LogP contribution in [0.2, 0.25) is 0 Å². The zero-order chi connectivity index (χ0) is 14.8. The maximum atomic E-state index is 11.8. The zero-order valence-corrected chi connectivity index (χ0v) is 11.8. The average molecular weight is 269 g/mol. The van der Waals surface area contributed by atoms with Crippen LogP contribution in [0.4, 0.5) is 0 Å². The van der Waals surface area contributed by atoms with Crippen LogP contribution in [0.1, 0.15) is 26.7 Å². The number of hydrogen-bond acceptors (Lipinski definition) is 3. The Morgan fingerprint density at radius 3 is 2.47 bits per heavy atom. The van der Waals surface area contributed by atoms with Crippen molar-refractivity contribution in [1.29, 1.82) is 0 Å². The third-order valence-electron chi connectivity index (χ3n) is 3.00. The van der Waals surface area contributed by atoms with Gasteiger partial charge < -0.3 is 16.0 Å². The number of likely N-dealkylation sites (N-methyl/N-ethyl adjacent to an activating group) is 1. The monoisotopic (exact) mass is 269 g/mol. The minimum absolute atomic E-state index is 0.106. The Kier molecular flexibility index (Phi) is 8.24. The van der Waals surface area contributed by atoms with Gasteiger partial charge in [-0.05, 0) is 12.3 Å². The molecule has 2 unspecified atom stereocenters. The van der Waals surface area contributed by atoms with E-state index in [2.05, 4.69) is 22.5 Å². The van der Waals surface area contributed by atoms with Gasteiger partial charge in [0.2, 0.25) is 18.2 Å². The van der Waals surface area contributed by atoms with Crippen LogP contribution in [0, 0.1) is 5.92 Å². The molecule has 0 saturated heterocycles. The van der Waals surface area contributed by atoms with Crippen molar-refractivity contribution in [2.45, 2.75) is 32.7 Å². The number of rotatable bonds is 9. The molecular weight excluding hydrogens is 246 g/mol. The number of carbonyl (C=O) groups excluding carboxylic acids is 3. The smallest absolute Gasteiger partial charge is 0.249 e. The van der Waals surface area contributed by atoms with Crippen molar-refractivity contribution in [3.8, 4) is 0 Å². The quantitative estimate of drug-likeness (QED) is 0.405. The SMILES string of the molecule is C=C(C(=O)NCC(=O)NC)C(CC(C)CC)NC=O. The molecule has 0 fully saturated rings. The second kappa shape index (κ2) is 9.13. The highest BCUT2D eigenvalue weighted by molar-refractivity contribution is 5.96. The van der Waals surface area contributed by atoms with Crippen molar-refractivity contribution in [2.75, 3.05) is 13.6 Å². The van der Waals surface area contributed by atoms with Gasteiger partial charge in [-0.15, -0.1) is 0 Å². The van der Waals surface area contributed by atoms with E-state index in [-0.39, 0.29) is 18.0 Å². The Morgan fingerprint density at radius 2 is 2.00 bits per heavy atom. The number of hydrogen-bond donors (Lipinski definition) is 3. The van der Waals surface area contributed by atoms with E-state index in [1.165, 1.54) is 7.05 Å². The lowest BCUT2D eigenvalue weighted by molar-refractivity contribution is -0.124. The molecule has 0 aromatic carbocycles. The number of amides is 3. The van der Waals surface area contributed by atoms with Crippen LogP contribution < -0.4 is 16.0 Å². The molecule has 0 aliphatic heterocycles. The van der Waals surface area contributed by atoms with Crippen LogP contribution in [0.15, 0.2) is 12.2 Å². The maximum Gasteiger partial charge on any atom is 0.249 e. The molecule has 0 heterocycles. The molecule has 0 spiro atoms. The molecule has 3 amide bonds. The van der Waals surface area contributed by atoms with Crippen molar-refractivity contribution >= 4 is 18.2 Å². The first-order valence-electron chi connectivity index (χ1n) is 6.33. The van der Waals surface area contributed by atoms with Crippen molar-refractivity contribution in [3.05, 3.63) is 12.2 Å². The third kappa shape index (κ3) is 6.59. The van der Waals surface area contributed by atoms with Gasteiger partial charge in [0.25, 0.3) is 0 Å². The van der Waals surface area contributed by atoms with Crippen molar-refractivity contribution in [1.82, 2.24) is 16.0 Å². The summed E-state index contributed by atoms with van der Waals surface area (Å²) in [4.78, 5) is 33.4. The normalized spacial score (nSPS) is 13.0. The van der Waals surface area contributed by atoms with Gasteiger partial charge in [0.15, 0.2) is 0 Å². The van der Waals surface area contributed by atoms with Crippen LogP contribution in [0.5, 0.6) is 0 Å². The third-order valence-corrected chi connectivity index (χ3v) is 3.00. The summed E-state index contributed by atoms with van der Waals surface area (Å²) in [6.07, 6.45) is 2.15. The Labute approximate surface area is 114 Å². The first-order valence-corrected chi connectivity index (χ1v) is 6.33. The van der Waals surface area contributed by atoms with E-state index in [9.17, 15) is 14.4 Å². The summed E-state index contributed by atoms with van der Waals surface area (Å²) in [6, 6.07) is -0.405. The first-order chi connectivity index (χ1) is 8.96. The highest BCUT2D eigenvalue weighted by atomic mass is 16.2. The highest BCUT2D eigenvalue weighted by Gasteiger charge is 2.20. The molecule has 6 nitrogen and oxygen atoms in total. The molecular formula is C13H23N3O3. The van der Waals surface area contributed by atoms with Crippen molar-refractivity contribution in [2.24, 2.45) is 5.92 Å². The van der Waals surface area contributed by atoms with Crippen LogP contribution in [0.3, 0.4) is 0 Å². The molecule has 0 radical (unpaired) electrons. The number of nitrogens with one attached hydrogen (secondary N) is 3. The van der Waals surface area contributed by atoms with Crippen LogP contribution in [0.25, 0.3) is 0 Å². The van der Waals surface area contributed by atoms with Crippen LogP contribution in [-0.2, 0) is 14.4 Å². The summed E-state index contributed by atoms with van der Waals surface area (Å²) in [5.74, 6) is -0.352. The average Bonchev–Trinajstić information content (AvgIpc) is 2.42. The van der Waals surface area contributed by atoms with E-state index in [1.54, 1.807) is 0 Å². The summed E-state index contributed by atoms with van der Waals surface area (Å²) < 4.78 is 0. The summed E-state index contributed by atoms with van der Waals surface area (Å²) in [5.41, 5.74) is 0.260. The minimum atomic E-state index is -0.425. The Morgan fingerprint density at radius 1 is 1.37 bits per heavy atom. The molecule has 19 heavy (non-hydrogen) atoms.